The summed E-state index contributed by atoms with van der Waals surface area (Å²) in [5.41, 5.74) is 0.472. The molecule has 0 aromatic heterocycles. The smallest absolute Gasteiger partial charge is 0.307 e. The number of esters is 1. The molecular formula is C15H21NO4. The summed E-state index contributed by atoms with van der Waals surface area (Å²) in [6, 6.07) is 5.75. The normalized spacial score (nSPS) is 16.4. The van der Waals surface area contributed by atoms with Crippen molar-refractivity contribution in [2.45, 2.75) is 25.8 Å². The zero-order chi connectivity index (χ0) is 14.6. The fourth-order valence-electron chi connectivity index (χ4n) is 2.22. The molecule has 0 spiro atoms. The van der Waals surface area contributed by atoms with Gasteiger partial charge in [-0.15, -0.1) is 0 Å². The monoisotopic (exact) mass is 279 g/mol. The lowest BCUT2D eigenvalue weighted by Gasteiger charge is -2.30. The van der Waals surface area contributed by atoms with Crippen LogP contribution in [-0.2, 0) is 15.1 Å². The Kier molecular flexibility index (Phi) is 4.49. The van der Waals surface area contributed by atoms with Gasteiger partial charge in [-0.3, -0.25) is 4.79 Å². The van der Waals surface area contributed by atoms with E-state index in [1.54, 1.807) is 6.92 Å². The van der Waals surface area contributed by atoms with Gasteiger partial charge in [0.25, 0.3) is 0 Å². The molecule has 1 aliphatic heterocycles. The Bertz CT molecular complexity index is 489. The van der Waals surface area contributed by atoms with Crippen LogP contribution in [0, 0.1) is 0 Å². The summed E-state index contributed by atoms with van der Waals surface area (Å²) in [5, 5.41) is 3.19. The van der Waals surface area contributed by atoms with Gasteiger partial charge in [0.05, 0.1) is 18.6 Å². The van der Waals surface area contributed by atoms with E-state index in [9.17, 15) is 4.79 Å². The Morgan fingerprint density at radius 2 is 2.05 bits per heavy atom. The van der Waals surface area contributed by atoms with Crippen molar-refractivity contribution in [3.05, 3.63) is 23.8 Å². The molecule has 20 heavy (non-hydrogen) atoms. The van der Waals surface area contributed by atoms with E-state index >= 15 is 0 Å². The first-order valence-corrected chi connectivity index (χ1v) is 6.83. The van der Waals surface area contributed by atoms with Crippen molar-refractivity contribution in [3.8, 4) is 11.5 Å². The van der Waals surface area contributed by atoms with Gasteiger partial charge in [-0.25, -0.2) is 0 Å². The topological polar surface area (TPSA) is 56.8 Å². The minimum absolute atomic E-state index is 0.223. The van der Waals surface area contributed by atoms with Crippen molar-refractivity contribution in [2.24, 2.45) is 0 Å². The summed E-state index contributed by atoms with van der Waals surface area (Å²) in [6.07, 6.45) is 0.261. The number of nitrogens with one attached hydrogen (secondary N) is 1. The minimum atomic E-state index is -0.498. The molecule has 0 fully saturated rings. The largest absolute Gasteiger partial charge is 0.486 e. The minimum Gasteiger partial charge on any atom is -0.486 e. The molecule has 0 radical (unpaired) electrons. The van der Waals surface area contributed by atoms with E-state index in [-0.39, 0.29) is 12.4 Å². The Labute approximate surface area is 119 Å². The van der Waals surface area contributed by atoms with Crippen LogP contribution in [0.25, 0.3) is 0 Å². The van der Waals surface area contributed by atoms with E-state index in [0.29, 0.717) is 19.8 Å². The second-order valence-corrected chi connectivity index (χ2v) is 4.92. The quantitative estimate of drug-likeness (QED) is 0.834. The molecule has 2 rings (SSSR count). The number of rotatable bonds is 5. The molecule has 0 saturated carbocycles. The highest BCUT2D eigenvalue weighted by molar-refractivity contribution is 5.71. The van der Waals surface area contributed by atoms with Gasteiger partial charge in [0.15, 0.2) is 11.5 Å². The Morgan fingerprint density at radius 1 is 1.35 bits per heavy atom. The number of carbonyl (C=O) groups is 1. The van der Waals surface area contributed by atoms with E-state index in [2.05, 4.69) is 5.32 Å². The van der Waals surface area contributed by atoms with E-state index in [0.717, 1.165) is 17.1 Å². The second kappa shape index (κ2) is 6.13. The van der Waals surface area contributed by atoms with Gasteiger partial charge in [-0.05, 0) is 38.6 Å². The summed E-state index contributed by atoms with van der Waals surface area (Å²) in [7, 11) is 1.83. The van der Waals surface area contributed by atoms with Crippen molar-refractivity contribution in [2.75, 3.05) is 26.9 Å². The first-order chi connectivity index (χ1) is 9.59. The second-order valence-electron chi connectivity index (χ2n) is 4.92. The summed E-state index contributed by atoms with van der Waals surface area (Å²) >= 11 is 0. The number of hydrogen-bond acceptors (Lipinski definition) is 5. The van der Waals surface area contributed by atoms with Crippen molar-refractivity contribution in [1.82, 2.24) is 5.32 Å². The maximum absolute atomic E-state index is 11.8. The summed E-state index contributed by atoms with van der Waals surface area (Å²) in [6.45, 7) is 5.27. The average molecular weight is 279 g/mol. The lowest BCUT2D eigenvalue weighted by atomic mass is 9.88. The van der Waals surface area contributed by atoms with Gasteiger partial charge in [0.2, 0.25) is 0 Å². The molecular weight excluding hydrogens is 258 g/mol. The molecule has 0 amide bonds. The molecule has 5 heteroatoms. The number of ether oxygens (including phenoxy) is 3. The zero-order valence-corrected chi connectivity index (χ0v) is 12.2. The highest BCUT2D eigenvalue weighted by Crippen LogP contribution is 2.35. The highest BCUT2D eigenvalue weighted by atomic mass is 16.6. The summed E-state index contributed by atoms with van der Waals surface area (Å²) in [5.74, 6) is 1.24. The molecule has 5 nitrogen and oxygen atoms in total. The van der Waals surface area contributed by atoms with E-state index in [4.69, 9.17) is 14.2 Å². The molecule has 0 saturated heterocycles. The first-order valence-electron chi connectivity index (χ1n) is 6.83. The fraction of sp³-hybridized carbons (Fsp3) is 0.533. The third-order valence-corrected chi connectivity index (χ3v) is 3.53. The molecule has 110 valence electrons. The van der Waals surface area contributed by atoms with Gasteiger partial charge < -0.3 is 19.5 Å². The maximum Gasteiger partial charge on any atom is 0.307 e. The van der Waals surface area contributed by atoms with Crippen LogP contribution < -0.4 is 14.8 Å². The van der Waals surface area contributed by atoms with Crippen LogP contribution in [0.4, 0.5) is 0 Å². The highest BCUT2D eigenvalue weighted by Gasteiger charge is 2.30. The lowest BCUT2D eigenvalue weighted by Crippen LogP contribution is -2.39. The molecule has 1 aliphatic rings. The van der Waals surface area contributed by atoms with Crippen molar-refractivity contribution >= 4 is 5.97 Å². The molecule has 1 unspecified atom stereocenters. The van der Waals surface area contributed by atoms with Gasteiger partial charge in [-0.1, -0.05) is 6.07 Å². The molecule has 0 bridgehead atoms. The molecule has 0 aliphatic carbocycles. The number of carbonyl (C=O) groups excluding carboxylic acids is 1. The maximum atomic E-state index is 11.8. The van der Waals surface area contributed by atoms with Crippen LogP contribution in [0.3, 0.4) is 0 Å². The van der Waals surface area contributed by atoms with E-state index < -0.39 is 5.54 Å². The van der Waals surface area contributed by atoms with Crippen LogP contribution in [0.1, 0.15) is 25.8 Å². The molecule has 1 atom stereocenters. The third-order valence-electron chi connectivity index (χ3n) is 3.53. The van der Waals surface area contributed by atoms with Gasteiger partial charge >= 0.3 is 5.97 Å². The number of benzene rings is 1. The standard InChI is InChI=1S/C15H21NO4/c1-4-18-14(17)10-15(2,16-3)11-5-6-12-13(9-11)20-8-7-19-12/h5-6,9,16H,4,7-8,10H2,1-3H3. The van der Waals surface area contributed by atoms with Crippen molar-refractivity contribution in [3.63, 3.8) is 0 Å². The van der Waals surface area contributed by atoms with Crippen molar-refractivity contribution < 1.29 is 19.0 Å². The Hall–Kier alpha value is -1.75. The van der Waals surface area contributed by atoms with Crippen molar-refractivity contribution in [1.29, 1.82) is 0 Å². The Morgan fingerprint density at radius 3 is 2.70 bits per heavy atom. The zero-order valence-electron chi connectivity index (χ0n) is 12.2. The average Bonchev–Trinajstić information content (AvgIpc) is 2.46. The molecule has 1 heterocycles. The SMILES string of the molecule is CCOC(=O)CC(C)(NC)c1ccc2c(c1)OCCO2. The Balaban J connectivity index is 2.24. The lowest BCUT2D eigenvalue weighted by molar-refractivity contribution is -0.144. The predicted octanol–water partition coefficient (Wildman–Crippen LogP) is 1.85. The van der Waals surface area contributed by atoms with E-state index in [1.165, 1.54) is 0 Å². The molecule has 1 aromatic carbocycles. The predicted molar refractivity (Wildman–Crippen MR) is 75.1 cm³/mol. The molecule has 1 N–H and O–H groups in total. The summed E-state index contributed by atoms with van der Waals surface area (Å²) < 4.78 is 16.1. The van der Waals surface area contributed by atoms with Gasteiger partial charge in [0, 0.05) is 0 Å². The van der Waals surface area contributed by atoms with E-state index in [1.807, 2.05) is 32.2 Å². The van der Waals surface area contributed by atoms with Crippen LogP contribution in [0.5, 0.6) is 11.5 Å². The molecule has 1 aromatic rings. The van der Waals surface area contributed by atoms with Crippen LogP contribution in [0.15, 0.2) is 18.2 Å². The fourth-order valence-corrected chi connectivity index (χ4v) is 2.22. The number of fused-ring (bicyclic) bond motifs is 1. The third kappa shape index (κ3) is 3.04. The first kappa shape index (κ1) is 14.7. The van der Waals surface area contributed by atoms with Crippen LogP contribution >= 0.6 is 0 Å². The van der Waals surface area contributed by atoms with Crippen LogP contribution in [-0.4, -0.2) is 32.8 Å². The summed E-state index contributed by atoms with van der Waals surface area (Å²) in [4.78, 5) is 11.8. The number of hydrogen-bond donors (Lipinski definition) is 1. The van der Waals surface area contributed by atoms with Crippen LogP contribution in [0.2, 0.25) is 0 Å². The van der Waals surface area contributed by atoms with Gasteiger partial charge in [-0.2, -0.15) is 0 Å². The van der Waals surface area contributed by atoms with Gasteiger partial charge in [0.1, 0.15) is 13.2 Å².